The van der Waals surface area contributed by atoms with E-state index in [0.717, 1.165) is 21.4 Å². The minimum atomic E-state index is -0.625. The van der Waals surface area contributed by atoms with Crippen LogP contribution in [0.15, 0.2) is 52.7 Å². The Bertz CT molecular complexity index is 1140. The summed E-state index contributed by atoms with van der Waals surface area (Å²) in [5.74, 6) is -0.777. The molecule has 0 radical (unpaired) electrons. The Morgan fingerprint density at radius 2 is 2.00 bits per heavy atom. The lowest BCUT2D eigenvalue weighted by Gasteiger charge is -2.09. The molecule has 3 amide bonds. The van der Waals surface area contributed by atoms with Crippen molar-refractivity contribution in [3.05, 3.63) is 65.4 Å². The fraction of sp³-hybridized carbons (Fsp3) is 0.150. The molecule has 1 saturated heterocycles. The normalized spacial score (nSPS) is 15.5. The fourth-order valence-corrected chi connectivity index (χ4v) is 3.19. The van der Waals surface area contributed by atoms with Crippen LogP contribution in [0, 0.1) is 0 Å². The van der Waals surface area contributed by atoms with E-state index in [9.17, 15) is 14.4 Å². The van der Waals surface area contributed by atoms with Gasteiger partial charge in [0.05, 0.1) is 13.7 Å². The molecule has 1 fully saturated rings. The second kappa shape index (κ2) is 6.73. The number of hydrogen-bond donors (Lipinski definition) is 1. The number of aryl methyl sites for hydroxylation is 1. The quantitative estimate of drug-likeness (QED) is 0.427. The minimum Gasteiger partial charge on any atom is -0.463 e. The molecule has 28 heavy (non-hydrogen) atoms. The summed E-state index contributed by atoms with van der Waals surface area (Å²) in [5.41, 5.74) is 2.03. The number of amides is 3. The molecule has 0 spiro atoms. The van der Waals surface area contributed by atoms with Crippen LogP contribution in [0.25, 0.3) is 17.0 Å². The van der Waals surface area contributed by atoms with Crippen molar-refractivity contribution in [2.75, 3.05) is 7.11 Å². The Kier molecular flexibility index (Phi) is 4.23. The molecule has 3 aromatic rings. The molecule has 0 aliphatic carbocycles. The van der Waals surface area contributed by atoms with Crippen molar-refractivity contribution in [2.45, 2.75) is 6.54 Å². The lowest BCUT2D eigenvalue weighted by Crippen LogP contribution is -2.30. The van der Waals surface area contributed by atoms with Crippen LogP contribution in [0.4, 0.5) is 4.79 Å². The van der Waals surface area contributed by atoms with Crippen LogP contribution in [0.5, 0.6) is 0 Å². The first kappa shape index (κ1) is 17.6. The van der Waals surface area contributed by atoms with Crippen LogP contribution >= 0.6 is 0 Å². The van der Waals surface area contributed by atoms with Gasteiger partial charge in [0.2, 0.25) is 5.76 Å². The Morgan fingerprint density at radius 3 is 2.79 bits per heavy atom. The summed E-state index contributed by atoms with van der Waals surface area (Å²) in [5, 5.41) is 3.57. The van der Waals surface area contributed by atoms with Gasteiger partial charge in [0.25, 0.3) is 5.91 Å². The van der Waals surface area contributed by atoms with Gasteiger partial charge in [-0.2, -0.15) is 0 Å². The molecule has 8 nitrogen and oxygen atoms in total. The van der Waals surface area contributed by atoms with Gasteiger partial charge in [-0.15, -0.1) is 0 Å². The molecule has 4 rings (SSSR count). The highest BCUT2D eigenvalue weighted by Crippen LogP contribution is 2.24. The van der Waals surface area contributed by atoms with E-state index in [1.54, 1.807) is 6.08 Å². The van der Waals surface area contributed by atoms with Gasteiger partial charge in [0.15, 0.2) is 0 Å². The van der Waals surface area contributed by atoms with Gasteiger partial charge in [-0.05, 0) is 24.3 Å². The Morgan fingerprint density at radius 1 is 1.21 bits per heavy atom. The third-order valence-electron chi connectivity index (χ3n) is 4.55. The number of esters is 1. The van der Waals surface area contributed by atoms with Crippen molar-refractivity contribution < 1.29 is 23.5 Å². The summed E-state index contributed by atoms with van der Waals surface area (Å²) < 4.78 is 11.9. The van der Waals surface area contributed by atoms with Crippen molar-refractivity contribution in [3.63, 3.8) is 0 Å². The number of hydrogen-bond acceptors (Lipinski definition) is 5. The zero-order valence-corrected chi connectivity index (χ0v) is 15.3. The van der Waals surface area contributed by atoms with Crippen molar-refractivity contribution in [1.82, 2.24) is 14.8 Å². The first-order valence-corrected chi connectivity index (χ1v) is 8.53. The summed E-state index contributed by atoms with van der Waals surface area (Å²) in [4.78, 5) is 37.5. The Hall–Kier alpha value is -3.81. The molecule has 8 heteroatoms. The monoisotopic (exact) mass is 379 g/mol. The van der Waals surface area contributed by atoms with Gasteiger partial charge in [-0.25, -0.2) is 9.59 Å². The first-order valence-electron chi connectivity index (χ1n) is 8.53. The number of furan rings is 1. The number of rotatable bonds is 4. The molecule has 1 aliphatic heterocycles. The predicted molar refractivity (Wildman–Crippen MR) is 100 cm³/mol. The topological polar surface area (TPSA) is 93.8 Å². The summed E-state index contributed by atoms with van der Waals surface area (Å²) in [7, 11) is 3.16. The minimum absolute atomic E-state index is 0.0103. The number of para-hydroxylation sites is 1. The van der Waals surface area contributed by atoms with Gasteiger partial charge < -0.3 is 19.0 Å². The van der Waals surface area contributed by atoms with E-state index >= 15 is 0 Å². The van der Waals surface area contributed by atoms with Gasteiger partial charge in [-0.3, -0.25) is 9.69 Å². The average Bonchev–Trinajstić information content (AvgIpc) is 3.36. The smallest absolute Gasteiger partial charge is 0.373 e. The maximum atomic E-state index is 12.7. The molecule has 142 valence electrons. The zero-order chi connectivity index (χ0) is 19.8. The second-order valence-electron chi connectivity index (χ2n) is 6.35. The largest absolute Gasteiger partial charge is 0.463 e. The number of nitrogens with zero attached hydrogens (tertiary/aromatic N) is 2. The standard InChI is InChI=1S/C20H17N3O5/c1-22-10-12(14-5-3-4-6-16(14)22)9-15-18(24)23(20(26)21-15)11-13-7-8-17(28-13)19(25)27-2/h3-10H,11H2,1-2H3,(H,21,26). The van der Waals surface area contributed by atoms with E-state index in [-0.39, 0.29) is 18.0 Å². The number of fused-ring (bicyclic) bond motifs is 1. The summed E-state index contributed by atoms with van der Waals surface area (Å²) in [6.45, 7) is -0.0888. The van der Waals surface area contributed by atoms with Crippen LogP contribution in [0.2, 0.25) is 0 Å². The van der Waals surface area contributed by atoms with E-state index in [2.05, 4.69) is 10.1 Å². The van der Waals surface area contributed by atoms with Crippen LogP contribution in [-0.2, 0) is 23.1 Å². The van der Waals surface area contributed by atoms with Crippen LogP contribution in [-0.4, -0.2) is 34.5 Å². The SMILES string of the molecule is COC(=O)c1ccc(CN2C(=O)NC(=Cc3cn(C)c4ccccc34)C2=O)o1. The molecule has 0 saturated carbocycles. The molecular weight excluding hydrogens is 362 g/mol. The van der Waals surface area contributed by atoms with E-state index in [1.807, 2.05) is 42.1 Å². The van der Waals surface area contributed by atoms with Crippen LogP contribution in [0.1, 0.15) is 21.9 Å². The van der Waals surface area contributed by atoms with E-state index in [1.165, 1.54) is 19.2 Å². The fourth-order valence-electron chi connectivity index (χ4n) is 3.19. The highest BCUT2D eigenvalue weighted by Gasteiger charge is 2.34. The number of ether oxygens (including phenoxy) is 1. The van der Waals surface area contributed by atoms with Crippen LogP contribution in [0.3, 0.4) is 0 Å². The number of urea groups is 1. The van der Waals surface area contributed by atoms with Gasteiger partial charge >= 0.3 is 12.0 Å². The predicted octanol–water partition coefficient (Wildman–Crippen LogP) is 2.65. The number of imide groups is 1. The molecular formula is C20H17N3O5. The van der Waals surface area contributed by atoms with Gasteiger partial charge in [0, 0.05) is 29.7 Å². The molecule has 1 aromatic carbocycles. The maximum Gasteiger partial charge on any atom is 0.373 e. The number of carbonyl (C=O) groups is 3. The Labute approximate surface area is 160 Å². The van der Waals surface area contributed by atoms with Crippen LogP contribution < -0.4 is 5.32 Å². The van der Waals surface area contributed by atoms with E-state index in [4.69, 9.17) is 4.42 Å². The molecule has 2 aromatic heterocycles. The Balaban J connectivity index is 1.59. The number of carbonyl (C=O) groups excluding carboxylic acids is 3. The second-order valence-corrected chi connectivity index (χ2v) is 6.35. The molecule has 1 aliphatic rings. The van der Waals surface area contributed by atoms with Crippen molar-refractivity contribution in [3.8, 4) is 0 Å². The molecule has 0 unspecified atom stereocenters. The van der Waals surface area contributed by atoms with E-state index in [0.29, 0.717) is 5.76 Å². The van der Waals surface area contributed by atoms with Gasteiger partial charge in [-0.1, -0.05) is 18.2 Å². The summed E-state index contributed by atoms with van der Waals surface area (Å²) >= 11 is 0. The number of methoxy groups -OCH3 is 1. The van der Waals surface area contributed by atoms with E-state index < -0.39 is 17.9 Å². The third kappa shape index (κ3) is 2.94. The molecule has 0 bridgehead atoms. The van der Waals surface area contributed by atoms with Crippen molar-refractivity contribution in [2.24, 2.45) is 7.05 Å². The lowest BCUT2D eigenvalue weighted by atomic mass is 10.1. The highest BCUT2D eigenvalue weighted by atomic mass is 16.5. The number of benzene rings is 1. The summed E-state index contributed by atoms with van der Waals surface area (Å²) in [6, 6.07) is 10.2. The zero-order valence-electron chi connectivity index (χ0n) is 15.3. The first-order chi connectivity index (χ1) is 13.5. The average molecular weight is 379 g/mol. The maximum absolute atomic E-state index is 12.7. The van der Waals surface area contributed by atoms with Crippen molar-refractivity contribution in [1.29, 1.82) is 0 Å². The highest BCUT2D eigenvalue weighted by molar-refractivity contribution is 6.14. The van der Waals surface area contributed by atoms with Crippen molar-refractivity contribution >= 4 is 34.9 Å². The third-order valence-corrected chi connectivity index (χ3v) is 4.55. The number of aromatic nitrogens is 1. The molecule has 1 N–H and O–H groups in total. The number of nitrogens with one attached hydrogen (secondary N) is 1. The van der Waals surface area contributed by atoms with Gasteiger partial charge in [0.1, 0.15) is 11.5 Å². The molecule has 0 atom stereocenters. The summed E-state index contributed by atoms with van der Waals surface area (Å²) in [6.07, 6.45) is 3.56. The lowest BCUT2D eigenvalue weighted by molar-refractivity contribution is -0.123. The molecule has 3 heterocycles.